The molecule has 15 heavy (non-hydrogen) atoms. The molecule has 0 aromatic carbocycles. The Morgan fingerprint density at radius 1 is 1.53 bits per heavy atom. The summed E-state index contributed by atoms with van der Waals surface area (Å²) in [7, 11) is 2.05. The van der Waals surface area contributed by atoms with Crippen LogP contribution < -0.4 is 5.32 Å². The molecule has 1 unspecified atom stereocenters. The molecule has 1 rings (SSSR count). The van der Waals surface area contributed by atoms with Gasteiger partial charge in [0.05, 0.1) is 6.10 Å². The molecule has 0 amide bonds. The first-order valence-electron chi connectivity index (χ1n) is 6.09. The molecule has 0 heterocycles. The van der Waals surface area contributed by atoms with E-state index in [0.717, 1.165) is 18.9 Å². The van der Waals surface area contributed by atoms with Crippen molar-refractivity contribution < 1.29 is 4.74 Å². The van der Waals surface area contributed by atoms with Crippen molar-refractivity contribution in [1.29, 1.82) is 0 Å². The van der Waals surface area contributed by atoms with E-state index in [0.29, 0.717) is 12.1 Å². The maximum Gasteiger partial charge on any atom is 0.0580 e. The Hall–Kier alpha value is -0.340. The van der Waals surface area contributed by atoms with Crippen LogP contribution in [0.4, 0.5) is 0 Å². The SMILES string of the molecule is C=C(C)CC(CC1CC(OCC)C1)NC. The molecule has 1 N–H and O–H groups in total. The van der Waals surface area contributed by atoms with E-state index in [1.54, 1.807) is 0 Å². The van der Waals surface area contributed by atoms with Crippen molar-refractivity contribution in [1.82, 2.24) is 5.32 Å². The second-order valence-electron chi connectivity index (χ2n) is 4.80. The number of rotatable bonds is 7. The highest BCUT2D eigenvalue weighted by Crippen LogP contribution is 2.34. The molecule has 1 aliphatic carbocycles. The number of hydrogen-bond donors (Lipinski definition) is 1. The molecule has 0 aromatic rings. The molecule has 2 heteroatoms. The van der Waals surface area contributed by atoms with E-state index in [1.165, 1.54) is 24.8 Å². The standard InChI is InChI=1S/C13H25NO/c1-5-15-13-8-11(9-13)7-12(14-4)6-10(2)3/h11-14H,2,5-9H2,1,3-4H3. The van der Waals surface area contributed by atoms with Gasteiger partial charge in [0.2, 0.25) is 0 Å². The Labute approximate surface area is 94.1 Å². The third-order valence-electron chi connectivity index (χ3n) is 3.22. The fourth-order valence-electron chi connectivity index (χ4n) is 2.37. The summed E-state index contributed by atoms with van der Waals surface area (Å²) in [5, 5.41) is 3.38. The van der Waals surface area contributed by atoms with Gasteiger partial charge in [-0.2, -0.15) is 0 Å². The summed E-state index contributed by atoms with van der Waals surface area (Å²) < 4.78 is 5.57. The van der Waals surface area contributed by atoms with Crippen molar-refractivity contribution >= 4 is 0 Å². The van der Waals surface area contributed by atoms with Gasteiger partial charge in [-0.15, -0.1) is 6.58 Å². The largest absolute Gasteiger partial charge is 0.378 e. The van der Waals surface area contributed by atoms with Crippen molar-refractivity contribution in [2.24, 2.45) is 5.92 Å². The van der Waals surface area contributed by atoms with Crippen LogP contribution in [-0.4, -0.2) is 25.8 Å². The van der Waals surface area contributed by atoms with E-state index in [1.807, 2.05) is 7.05 Å². The Balaban J connectivity index is 2.15. The van der Waals surface area contributed by atoms with Crippen molar-refractivity contribution in [3.63, 3.8) is 0 Å². The zero-order chi connectivity index (χ0) is 11.3. The summed E-state index contributed by atoms with van der Waals surface area (Å²) in [6.07, 6.45) is 5.42. The number of hydrogen-bond acceptors (Lipinski definition) is 2. The van der Waals surface area contributed by atoms with Crippen LogP contribution in [-0.2, 0) is 4.74 Å². The minimum atomic E-state index is 0.544. The quantitative estimate of drug-likeness (QED) is 0.654. The van der Waals surface area contributed by atoms with Crippen molar-refractivity contribution in [3.05, 3.63) is 12.2 Å². The summed E-state index contributed by atoms with van der Waals surface area (Å²) >= 11 is 0. The molecule has 0 radical (unpaired) electrons. The van der Waals surface area contributed by atoms with Gasteiger partial charge in [-0.05, 0) is 52.5 Å². The zero-order valence-corrected chi connectivity index (χ0v) is 10.4. The molecule has 1 saturated carbocycles. The van der Waals surface area contributed by atoms with Crippen LogP contribution in [0, 0.1) is 5.92 Å². The van der Waals surface area contributed by atoms with Gasteiger partial charge in [-0.3, -0.25) is 0 Å². The molecule has 0 aliphatic heterocycles. The molecule has 2 nitrogen and oxygen atoms in total. The van der Waals surface area contributed by atoms with Crippen LogP contribution in [0.3, 0.4) is 0 Å². The van der Waals surface area contributed by atoms with E-state index in [-0.39, 0.29) is 0 Å². The molecule has 88 valence electrons. The number of ether oxygens (including phenoxy) is 1. The summed E-state index contributed by atoms with van der Waals surface area (Å²) in [6, 6.07) is 0.607. The van der Waals surface area contributed by atoms with Crippen LogP contribution >= 0.6 is 0 Å². The van der Waals surface area contributed by atoms with Gasteiger partial charge >= 0.3 is 0 Å². The lowest BCUT2D eigenvalue weighted by molar-refractivity contribution is -0.0288. The fraction of sp³-hybridized carbons (Fsp3) is 0.846. The Morgan fingerprint density at radius 2 is 2.20 bits per heavy atom. The van der Waals surface area contributed by atoms with E-state index in [2.05, 4.69) is 25.7 Å². The predicted octanol–water partition coefficient (Wildman–Crippen LogP) is 2.75. The van der Waals surface area contributed by atoms with E-state index in [9.17, 15) is 0 Å². The zero-order valence-electron chi connectivity index (χ0n) is 10.4. The molecular weight excluding hydrogens is 186 g/mol. The summed E-state index contributed by atoms with van der Waals surface area (Å²) in [5.74, 6) is 0.860. The number of nitrogens with one attached hydrogen (secondary N) is 1. The summed E-state index contributed by atoms with van der Waals surface area (Å²) in [6.45, 7) is 9.01. The third kappa shape index (κ3) is 4.35. The van der Waals surface area contributed by atoms with Gasteiger partial charge in [0, 0.05) is 12.6 Å². The first kappa shape index (κ1) is 12.7. The molecule has 1 fully saturated rings. The highest BCUT2D eigenvalue weighted by Gasteiger charge is 2.30. The lowest BCUT2D eigenvalue weighted by Crippen LogP contribution is -2.37. The van der Waals surface area contributed by atoms with Gasteiger partial charge in [-0.1, -0.05) is 5.57 Å². The first-order chi connectivity index (χ1) is 7.15. The van der Waals surface area contributed by atoms with E-state index >= 15 is 0 Å². The summed E-state index contributed by atoms with van der Waals surface area (Å²) in [5.41, 5.74) is 1.27. The third-order valence-corrected chi connectivity index (χ3v) is 3.22. The fourth-order valence-corrected chi connectivity index (χ4v) is 2.37. The Kier molecular flexibility index (Phi) is 5.34. The van der Waals surface area contributed by atoms with Gasteiger partial charge < -0.3 is 10.1 Å². The first-order valence-corrected chi connectivity index (χ1v) is 6.09. The van der Waals surface area contributed by atoms with Crippen LogP contribution in [0.1, 0.15) is 39.5 Å². The van der Waals surface area contributed by atoms with E-state index < -0.39 is 0 Å². The highest BCUT2D eigenvalue weighted by atomic mass is 16.5. The molecule has 1 aliphatic rings. The highest BCUT2D eigenvalue weighted by molar-refractivity contribution is 4.94. The van der Waals surface area contributed by atoms with Crippen molar-refractivity contribution in [2.45, 2.75) is 51.7 Å². The molecular formula is C13H25NO. The van der Waals surface area contributed by atoms with Gasteiger partial charge in [0.15, 0.2) is 0 Å². The molecule has 0 aromatic heterocycles. The predicted molar refractivity (Wildman–Crippen MR) is 65.0 cm³/mol. The van der Waals surface area contributed by atoms with Crippen LogP contribution in [0.15, 0.2) is 12.2 Å². The monoisotopic (exact) mass is 211 g/mol. The maximum absolute atomic E-state index is 5.57. The van der Waals surface area contributed by atoms with Gasteiger partial charge in [0.25, 0.3) is 0 Å². The average molecular weight is 211 g/mol. The molecule has 0 bridgehead atoms. The van der Waals surface area contributed by atoms with E-state index in [4.69, 9.17) is 4.74 Å². The minimum absolute atomic E-state index is 0.544. The second-order valence-corrected chi connectivity index (χ2v) is 4.80. The van der Waals surface area contributed by atoms with Gasteiger partial charge in [-0.25, -0.2) is 0 Å². The van der Waals surface area contributed by atoms with Crippen molar-refractivity contribution in [2.75, 3.05) is 13.7 Å². The minimum Gasteiger partial charge on any atom is -0.378 e. The van der Waals surface area contributed by atoms with Crippen LogP contribution in [0.2, 0.25) is 0 Å². The van der Waals surface area contributed by atoms with Crippen LogP contribution in [0.25, 0.3) is 0 Å². The lowest BCUT2D eigenvalue weighted by atomic mass is 9.77. The maximum atomic E-state index is 5.57. The van der Waals surface area contributed by atoms with Crippen molar-refractivity contribution in [3.8, 4) is 0 Å². The molecule has 0 spiro atoms. The Morgan fingerprint density at radius 3 is 2.67 bits per heavy atom. The smallest absolute Gasteiger partial charge is 0.0580 e. The normalized spacial score (nSPS) is 27.1. The molecule has 1 atom stereocenters. The van der Waals surface area contributed by atoms with Crippen LogP contribution in [0.5, 0.6) is 0 Å². The Bertz CT molecular complexity index is 197. The lowest BCUT2D eigenvalue weighted by Gasteiger charge is -2.37. The second kappa shape index (κ2) is 6.29. The topological polar surface area (TPSA) is 21.3 Å². The average Bonchev–Trinajstić information content (AvgIpc) is 2.12. The van der Waals surface area contributed by atoms with Gasteiger partial charge in [0.1, 0.15) is 0 Å². The summed E-state index contributed by atoms with van der Waals surface area (Å²) in [4.78, 5) is 0. The molecule has 0 saturated heterocycles.